The van der Waals surface area contributed by atoms with Crippen LogP contribution in [0.5, 0.6) is 0 Å². The molecule has 0 aliphatic carbocycles. The number of hydrogen-bond donors (Lipinski definition) is 1. The van der Waals surface area contributed by atoms with E-state index >= 15 is 0 Å². The highest BCUT2D eigenvalue weighted by atomic mass is 35.5. The van der Waals surface area contributed by atoms with E-state index in [0.717, 1.165) is 16.8 Å². The molecule has 0 saturated heterocycles. The van der Waals surface area contributed by atoms with Gasteiger partial charge in [-0.05, 0) is 48.0 Å². The summed E-state index contributed by atoms with van der Waals surface area (Å²) >= 11 is 5.91. The van der Waals surface area contributed by atoms with Crippen LogP contribution in [0.2, 0.25) is 5.02 Å². The number of amides is 1. The van der Waals surface area contributed by atoms with Crippen molar-refractivity contribution in [2.75, 3.05) is 11.4 Å². The van der Waals surface area contributed by atoms with Gasteiger partial charge in [-0.15, -0.1) is 0 Å². The maximum Gasteiger partial charge on any atom is 0.246 e. The fourth-order valence-corrected chi connectivity index (χ4v) is 3.16. The Kier molecular flexibility index (Phi) is 6.54. The summed E-state index contributed by atoms with van der Waals surface area (Å²) in [4.78, 5) is 23.1. The van der Waals surface area contributed by atoms with E-state index < -0.39 is 0 Å². The van der Waals surface area contributed by atoms with Crippen LogP contribution < -0.4 is 10.2 Å². The maximum absolute atomic E-state index is 12.6. The predicted octanol–water partition coefficient (Wildman–Crippen LogP) is 4.11. The molecule has 4 aromatic rings. The molecule has 0 atom stereocenters. The van der Waals surface area contributed by atoms with Gasteiger partial charge in [0.25, 0.3) is 0 Å². The van der Waals surface area contributed by atoms with Gasteiger partial charge in [-0.2, -0.15) is 4.98 Å². The van der Waals surface area contributed by atoms with E-state index in [0.29, 0.717) is 23.3 Å². The molecule has 0 aliphatic rings. The Hall–Kier alpha value is -3.71. The molecule has 0 aliphatic heterocycles. The number of para-hydroxylation sites is 1. The fourth-order valence-electron chi connectivity index (χ4n) is 3.04. The topological polar surface area (TPSA) is 84.2 Å². The Morgan fingerprint density at radius 3 is 2.58 bits per heavy atom. The van der Waals surface area contributed by atoms with Crippen LogP contribution in [0, 0.1) is 0 Å². The van der Waals surface area contributed by atoms with Crippen LogP contribution in [-0.2, 0) is 17.9 Å². The first-order valence-corrected chi connectivity index (χ1v) is 10.1. The van der Waals surface area contributed by atoms with Crippen LogP contribution in [0.4, 0.5) is 5.69 Å². The number of carbonyl (C=O) groups excluding carboxylic acids is 1. The maximum atomic E-state index is 12.6. The lowest BCUT2D eigenvalue weighted by atomic mass is 10.2. The summed E-state index contributed by atoms with van der Waals surface area (Å²) in [6.07, 6.45) is 3.52. The lowest BCUT2D eigenvalue weighted by Gasteiger charge is -2.24. The van der Waals surface area contributed by atoms with Crippen molar-refractivity contribution in [3.05, 3.63) is 95.6 Å². The fraction of sp³-hybridized carbons (Fsp3) is 0.130. The second-order valence-corrected chi connectivity index (χ2v) is 7.28. The molecular formula is C23H20ClN5O2. The van der Waals surface area contributed by atoms with Crippen LogP contribution >= 0.6 is 11.6 Å². The van der Waals surface area contributed by atoms with Crippen LogP contribution in [-0.4, -0.2) is 27.6 Å². The van der Waals surface area contributed by atoms with Gasteiger partial charge in [0.1, 0.15) is 0 Å². The molecule has 156 valence electrons. The van der Waals surface area contributed by atoms with E-state index in [1.54, 1.807) is 24.5 Å². The number of benzene rings is 2. The molecule has 2 aromatic heterocycles. The van der Waals surface area contributed by atoms with E-state index in [1.807, 2.05) is 59.5 Å². The van der Waals surface area contributed by atoms with Gasteiger partial charge >= 0.3 is 0 Å². The van der Waals surface area contributed by atoms with Crippen molar-refractivity contribution in [1.82, 2.24) is 20.4 Å². The third kappa shape index (κ3) is 5.67. The van der Waals surface area contributed by atoms with E-state index in [1.165, 1.54) is 0 Å². The minimum absolute atomic E-state index is 0.148. The lowest BCUT2D eigenvalue weighted by Crippen LogP contribution is -2.36. The standard InChI is InChI=1S/C23H20ClN5O2/c24-19-10-8-18(9-11-19)23-27-22(31-28-23)14-26-21(30)16-29(20-6-2-1-3-7-20)15-17-5-4-12-25-13-17/h1-13H,14-16H2,(H,26,30). The van der Waals surface area contributed by atoms with Crippen LogP contribution in [0.25, 0.3) is 11.4 Å². The number of nitrogens with one attached hydrogen (secondary N) is 1. The number of hydrogen-bond acceptors (Lipinski definition) is 6. The first-order chi connectivity index (χ1) is 15.2. The van der Waals surface area contributed by atoms with E-state index in [4.69, 9.17) is 16.1 Å². The van der Waals surface area contributed by atoms with Crippen molar-refractivity contribution in [3.63, 3.8) is 0 Å². The van der Waals surface area contributed by atoms with E-state index in [9.17, 15) is 4.79 Å². The summed E-state index contributed by atoms with van der Waals surface area (Å²) in [5.41, 5.74) is 2.76. The Morgan fingerprint density at radius 1 is 1.03 bits per heavy atom. The third-order valence-electron chi connectivity index (χ3n) is 4.56. The van der Waals surface area contributed by atoms with Crippen molar-refractivity contribution >= 4 is 23.2 Å². The van der Waals surface area contributed by atoms with Crippen LogP contribution in [0.15, 0.2) is 83.6 Å². The molecule has 2 heterocycles. The van der Waals surface area contributed by atoms with Gasteiger partial charge in [0, 0.05) is 35.2 Å². The quantitative estimate of drug-likeness (QED) is 0.450. The predicted molar refractivity (Wildman–Crippen MR) is 118 cm³/mol. The minimum Gasteiger partial charge on any atom is -0.358 e. The summed E-state index contributed by atoms with van der Waals surface area (Å²) in [5.74, 6) is 0.624. The van der Waals surface area contributed by atoms with Gasteiger partial charge in [0.2, 0.25) is 17.6 Å². The number of halogens is 1. The number of anilines is 1. The normalized spacial score (nSPS) is 10.6. The Balaban J connectivity index is 1.38. The third-order valence-corrected chi connectivity index (χ3v) is 4.81. The summed E-state index contributed by atoms with van der Waals surface area (Å²) in [6.45, 7) is 0.887. The molecule has 0 fully saturated rings. The van der Waals surface area contributed by atoms with Crippen molar-refractivity contribution in [2.45, 2.75) is 13.1 Å². The van der Waals surface area contributed by atoms with Gasteiger partial charge in [0.05, 0.1) is 13.1 Å². The molecule has 0 bridgehead atoms. The zero-order chi connectivity index (χ0) is 21.5. The summed E-state index contributed by atoms with van der Waals surface area (Å²) in [6, 6.07) is 20.8. The summed E-state index contributed by atoms with van der Waals surface area (Å²) in [7, 11) is 0. The molecule has 1 amide bonds. The SMILES string of the molecule is O=C(CN(Cc1cccnc1)c1ccccc1)NCc1nc(-c2ccc(Cl)cc2)no1. The lowest BCUT2D eigenvalue weighted by molar-refractivity contribution is -0.120. The Bertz CT molecular complexity index is 1120. The molecule has 1 N–H and O–H groups in total. The molecule has 8 heteroatoms. The van der Waals surface area contributed by atoms with Gasteiger partial charge in [-0.3, -0.25) is 9.78 Å². The Labute approximate surface area is 184 Å². The van der Waals surface area contributed by atoms with Gasteiger partial charge in [-0.1, -0.05) is 41.0 Å². The second-order valence-electron chi connectivity index (χ2n) is 6.85. The average Bonchev–Trinajstić information content (AvgIpc) is 3.28. The van der Waals surface area contributed by atoms with Crippen molar-refractivity contribution in [3.8, 4) is 11.4 Å². The zero-order valence-electron chi connectivity index (χ0n) is 16.6. The molecule has 7 nitrogen and oxygen atoms in total. The first kappa shape index (κ1) is 20.6. The van der Waals surface area contributed by atoms with E-state index in [-0.39, 0.29) is 19.0 Å². The highest BCUT2D eigenvalue weighted by Crippen LogP contribution is 2.19. The molecule has 0 unspecified atom stereocenters. The largest absolute Gasteiger partial charge is 0.358 e. The van der Waals surface area contributed by atoms with Gasteiger partial charge < -0.3 is 14.7 Å². The molecule has 0 radical (unpaired) electrons. The molecule has 4 rings (SSSR count). The number of aromatic nitrogens is 3. The zero-order valence-corrected chi connectivity index (χ0v) is 17.4. The Morgan fingerprint density at radius 2 is 1.84 bits per heavy atom. The molecule has 2 aromatic carbocycles. The highest BCUT2D eigenvalue weighted by molar-refractivity contribution is 6.30. The molecular weight excluding hydrogens is 414 g/mol. The van der Waals surface area contributed by atoms with E-state index in [2.05, 4.69) is 20.4 Å². The average molecular weight is 434 g/mol. The second kappa shape index (κ2) is 9.86. The van der Waals surface area contributed by atoms with Crippen molar-refractivity contribution in [1.29, 1.82) is 0 Å². The van der Waals surface area contributed by atoms with Crippen LogP contribution in [0.1, 0.15) is 11.5 Å². The monoisotopic (exact) mass is 433 g/mol. The minimum atomic E-state index is -0.154. The smallest absolute Gasteiger partial charge is 0.246 e. The highest BCUT2D eigenvalue weighted by Gasteiger charge is 2.14. The first-order valence-electron chi connectivity index (χ1n) is 9.71. The summed E-state index contributed by atoms with van der Waals surface area (Å²) < 4.78 is 5.25. The molecule has 31 heavy (non-hydrogen) atoms. The number of carbonyl (C=O) groups is 1. The van der Waals surface area contributed by atoms with Gasteiger partial charge in [-0.25, -0.2) is 0 Å². The molecule has 0 saturated carbocycles. The van der Waals surface area contributed by atoms with Crippen molar-refractivity contribution in [2.24, 2.45) is 0 Å². The molecule has 0 spiro atoms. The number of nitrogens with zero attached hydrogens (tertiary/aromatic N) is 4. The number of pyridine rings is 1. The van der Waals surface area contributed by atoms with Crippen molar-refractivity contribution < 1.29 is 9.32 Å². The summed E-state index contributed by atoms with van der Waals surface area (Å²) in [5, 5.41) is 7.44. The van der Waals surface area contributed by atoms with Crippen LogP contribution in [0.3, 0.4) is 0 Å². The van der Waals surface area contributed by atoms with Gasteiger partial charge in [0.15, 0.2) is 0 Å². The number of rotatable bonds is 8.